The number of halogens is 2. The molecule has 1 rings (SSSR count). The second-order valence-corrected chi connectivity index (χ2v) is 6.00. The van der Waals surface area contributed by atoms with E-state index in [4.69, 9.17) is 5.84 Å². The van der Waals surface area contributed by atoms with Crippen LogP contribution in [0.15, 0.2) is 27.1 Å². The molecule has 0 aliphatic heterocycles. The Morgan fingerprint density at radius 1 is 1.24 bits per heavy atom. The highest BCUT2D eigenvalue weighted by molar-refractivity contribution is 9.11. The minimum atomic E-state index is 0.221. The molecule has 0 saturated carbocycles. The van der Waals surface area contributed by atoms with Crippen molar-refractivity contribution in [2.75, 3.05) is 0 Å². The Hall–Kier alpha value is 0.1000. The van der Waals surface area contributed by atoms with Gasteiger partial charge in [0.25, 0.3) is 0 Å². The standard InChI is InChI=1S/C13H20Br2N2/c1-2-3-4-5-6-13(17-16)11-9-10(14)7-8-12(11)15/h7-9,13,17H,2-6,16H2,1H3. The van der Waals surface area contributed by atoms with E-state index in [9.17, 15) is 0 Å². The van der Waals surface area contributed by atoms with Gasteiger partial charge in [0.05, 0.1) is 0 Å². The number of rotatable bonds is 7. The van der Waals surface area contributed by atoms with Crippen molar-refractivity contribution in [3.05, 3.63) is 32.7 Å². The van der Waals surface area contributed by atoms with Crippen molar-refractivity contribution < 1.29 is 0 Å². The van der Waals surface area contributed by atoms with Crippen molar-refractivity contribution in [1.29, 1.82) is 0 Å². The number of hydrogen-bond acceptors (Lipinski definition) is 2. The molecule has 0 aromatic heterocycles. The first kappa shape index (κ1) is 15.2. The van der Waals surface area contributed by atoms with Crippen molar-refractivity contribution in [3.63, 3.8) is 0 Å². The zero-order valence-electron chi connectivity index (χ0n) is 10.2. The van der Waals surface area contributed by atoms with Gasteiger partial charge in [-0.15, -0.1) is 0 Å². The van der Waals surface area contributed by atoms with Gasteiger partial charge in [0.15, 0.2) is 0 Å². The van der Waals surface area contributed by atoms with Crippen LogP contribution < -0.4 is 11.3 Å². The summed E-state index contributed by atoms with van der Waals surface area (Å²) in [6.45, 7) is 2.23. The molecule has 1 atom stereocenters. The minimum absolute atomic E-state index is 0.221. The van der Waals surface area contributed by atoms with Crippen molar-refractivity contribution >= 4 is 31.9 Å². The molecule has 1 aromatic carbocycles. The zero-order valence-corrected chi connectivity index (χ0v) is 13.4. The highest BCUT2D eigenvalue weighted by Gasteiger charge is 2.12. The predicted molar refractivity (Wildman–Crippen MR) is 80.7 cm³/mol. The third-order valence-corrected chi connectivity index (χ3v) is 4.10. The van der Waals surface area contributed by atoms with Crippen molar-refractivity contribution in [2.24, 2.45) is 5.84 Å². The lowest BCUT2D eigenvalue weighted by Crippen LogP contribution is -2.28. The van der Waals surface area contributed by atoms with Crippen LogP contribution in [-0.4, -0.2) is 0 Å². The molecule has 1 aromatic rings. The molecule has 96 valence electrons. The van der Waals surface area contributed by atoms with Crippen LogP contribution in [0.25, 0.3) is 0 Å². The van der Waals surface area contributed by atoms with Crippen LogP contribution in [0.4, 0.5) is 0 Å². The maximum Gasteiger partial charge on any atom is 0.0471 e. The molecule has 0 aliphatic carbocycles. The van der Waals surface area contributed by atoms with Gasteiger partial charge in [-0.25, -0.2) is 0 Å². The summed E-state index contributed by atoms with van der Waals surface area (Å²) in [7, 11) is 0. The summed E-state index contributed by atoms with van der Waals surface area (Å²) in [5, 5.41) is 0. The maximum absolute atomic E-state index is 5.65. The number of unbranched alkanes of at least 4 members (excludes halogenated alkanes) is 3. The Labute approximate surface area is 121 Å². The molecule has 0 fully saturated rings. The average molecular weight is 364 g/mol. The van der Waals surface area contributed by atoms with E-state index < -0.39 is 0 Å². The van der Waals surface area contributed by atoms with Crippen molar-refractivity contribution in [3.8, 4) is 0 Å². The topological polar surface area (TPSA) is 38.0 Å². The number of nitrogens with one attached hydrogen (secondary N) is 1. The molecule has 0 amide bonds. The second kappa shape index (κ2) is 8.25. The minimum Gasteiger partial charge on any atom is -0.271 e. The molecule has 0 heterocycles. The van der Waals surface area contributed by atoms with E-state index in [-0.39, 0.29) is 6.04 Å². The van der Waals surface area contributed by atoms with Crippen LogP contribution >= 0.6 is 31.9 Å². The Morgan fingerprint density at radius 3 is 2.65 bits per heavy atom. The lowest BCUT2D eigenvalue weighted by atomic mass is 10.0. The molecular weight excluding hydrogens is 344 g/mol. The molecule has 4 heteroatoms. The third-order valence-electron chi connectivity index (χ3n) is 2.88. The van der Waals surface area contributed by atoms with Crippen LogP contribution in [0.5, 0.6) is 0 Å². The van der Waals surface area contributed by atoms with Gasteiger partial charge in [-0.1, -0.05) is 64.5 Å². The summed E-state index contributed by atoms with van der Waals surface area (Å²) in [5.41, 5.74) is 4.13. The average Bonchev–Trinajstić information content (AvgIpc) is 2.33. The van der Waals surface area contributed by atoms with E-state index in [1.807, 2.05) is 6.07 Å². The fourth-order valence-corrected chi connectivity index (χ4v) is 2.79. The molecule has 0 saturated heterocycles. The molecular formula is C13H20Br2N2. The SMILES string of the molecule is CCCCCCC(NN)c1cc(Br)ccc1Br. The van der Waals surface area contributed by atoms with Crippen LogP contribution in [0, 0.1) is 0 Å². The van der Waals surface area contributed by atoms with Gasteiger partial charge in [0.2, 0.25) is 0 Å². The van der Waals surface area contributed by atoms with E-state index >= 15 is 0 Å². The number of hydrogen-bond donors (Lipinski definition) is 2. The Kier molecular flexibility index (Phi) is 7.35. The Balaban J connectivity index is 2.62. The van der Waals surface area contributed by atoms with E-state index in [0.29, 0.717) is 0 Å². The first-order chi connectivity index (χ1) is 8.19. The molecule has 0 radical (unpaired) electrons. The van der Waals surface area contributed by atoms with Gasteiger partial charge in [-0.3, -0.25) is 11.3 Å². The van der Waals surface area contributed by atoms with Crippen molar-refractivity contribution in [2.45, 2.75) is 45.1 Å². The highest BCUT2D eigenvalue weighted by atomic mass is 79.9. The van der Waals surface area contributed by atoms with E-state index in [1.165, 1.54) is 31.2 Å². The fraction of sp³-hybridized carbons (Fsp3) is 0.538. The molecule has 2 nitrogen and oxygen atoms in total. The van der Waals surface area contributed by atoms with E-state index in [0.717, 1.165) is 15.4 Å². The molecule has 3 N–H and O–H groups in total. The molecule has 0 spiro atoms. The van der Waals surface area contributed by atoms with Gasteiger partial charge >= 0.3 is 0 Å². The lowest BCUT2D eigenvalue weighted by molar-refractivity contribution is 0.480. The first-order valence-corrected chi connectivity index (χ1v) is 7.68. The first-order valence-electron chi connectivity index (χ1n) is 6.10. The van der Waals surface area contributed by atoms with Gasteiger partial charge < -0.3 is 0 Å². The lowest BCUT2D eigenvalue weighted by Gasteiger charge is -2.18. The second-order valence-electron chi connectivity index (χ2n) is 4.23. The molecule has 0 aliphatic rings. The van der Waals surface area contributed by atoms with Crippen LogP contribution in [0.3, 0.4) is 0 Å². The summed E-state index contributed by atoms with van der Waals surface area (Å²) in [6, 6.07) is 6.42. The quantitative estimate of drug-likeness (QED) is 0.419. The van der Waals surface area contributed by atoms with Gasteiger partial charge in [0, 0.05) is 15.0 Å². The van der Waals surface area contributed by atoms with Gasteiger partial charge in [-0.2, -0.15) is 0 Å². The number of nitrogens with two attached hydrogens (primary N) is 1. The molecule has 17 heavy (non-hydrogen) atoms. The molecule has 1 unspecified atom stereocenters. The third kappa shape index (κ3) is 5.08. The fourth-order valence-electron chi connectivity index (χ4n) is 1.89. The predicted octanol–water partition coefficient (Wildman–Crippen LogP) is 4.69. The van der Waals surface area contributed by atoms with Gasteiger partial charge in [-0.05, 0) is 30.2 Å². The zero-order chi connectivity index (χ0) is 12.7. The number of benzene rings is 1. The summed E-state index contributed by atoms with van der Waals surface area (Å²) < 4.78 is 2.20. The summed E-state index contributed by atoms with van der Waals surface area (Å²) in [5.74, 6) is 5.65. The van der Waals surface area contributed by atoms with E-state index in [1.54, 1.807) is 0 Å². The monoisotopic (exact) mass is 362 g/mol. The molecule has 0 bridgehead atoms. The summed E-state index contributed by atoms with van der Waals surface area (Å²) in [4.78, 5) is 0. The Bertz CT molecular complexity index is 342. The highest BCUT2D eigenvalue weighted by Crippen LogP contribution is 2.29. The summed E-state index contributed by atoms with van der Waals surface area (Å²) in [6.07, 6.45) is 6.13. The normalized spacial score (nSPS) is 12.7. The van der Waals surface area contributed by atoms with Gasteiger partial charge in [0.1, 0.15) is 0 Å². The van der Waals surface area contributed by atoms with Crippen LogP contribution in [0.1, 0.15) is 50.6 Å². The largest absolute Gasteiger partial charge is 0.271 e. The van der Waals surface area contributed by atoms with Crippen LogP contribution in [-0.2, 0) is 0 Å². The van der Waals surface area contributed by atoms with Crippen molar-refractivity contribution in [1.82, 2.24) is 5.43 Å². The summed E-state index contributed by atoms with van der Waals surface area (Å²) >= 11 is 7.08. The Morgan fingerprint density at radius 2 is 2.00 bits per heavy atom. The maximum atomic E-state index is 5.65. The van der Waals surface area contributed by atoms with Crippen LogP contribution in [0.2, 0.25) is 0 Å². The van der Waals surface area contributed by atoms with E-state index in [2.05, 4.69) is 56.3 Å². The number of hydrazine groups is 1. The smallest absolute Gasteiger partial charge is 0.0471 e.